The third kappa shape index (κ3) is 2.14. The first-order chi connectivity index (χ1) is 8.11. The molecular weight excluding hydrogens is 228 g/mol. The first-order valence-corrected chi connectivity index (χ1v) is 5.31. The van der Waals surface area contributed by atoms with Crippen LogP contribution in [0.5, 0.6) is 5.75 Å². The van der Waals surface area contributed by atoms with Crippen LogP contribution in [-0.4, -0.2) is 21.2 Å². The maximum atomic E-state index is 11.8. The molecular formula is C10H12N2O5. The smallest absolute Gasteiger partial charge is 0.375 e. The van der Waals surface area contributed by atoms with Crippen LogP contribution in [0, 0.1) is 10.1 Å². The molecule has 0 bridgehead atoms. The monoisotopic (exact) mass is 240 g/mol. The molecule has 0 radical (unpaired) electrons. The Kier molecular flexibility index (Phi) is 3.10. The van der Waals surface area contributed by atoms with Crippen molar-refractivity contribution in [3.63, 3.8) is 0 Å². The molecule has 1 aromatic heterocycles. The standard InChI is InChI=1S/C10H12N2O5/c13-7-4-5-11(8-3-1-2-6-17-8)10(14)9(7)12(15)16/h4-5,8,13H,1-3,6H2/t8-/m0/s1. The van der Waals surface area contributed by atoms with Crippen LogP contribution in [-0.2, 0) is 4.74 Å². The SMILES string of the molecule is O=c1c([N+](=O)[O-])c(O)ccn1[C@@H]1CCCCO1. The van der Waals surface area contributed by atoms with Crippen LogP contribution in [0.3, 0.4) is 0 Å². The molecule has 0 aromatic carbocycles. The number of nitrogens with zero attached hydrogens (tertiary/aromatic N) is 2. The van der Waals surface area contributed by atoms with Crippen LogP contribution in [0.4, 0.5) is 5.69 Å². The Morgan fingerprint density at radius 1 is 1.53 bits per heavy atom. The van der Waals surface area contributed by atoms with Crippen LogP contribution >= 0.6 is 0 Å². The zero-order valence-corrected chi connectivity index (χ0v) is 9.04. The van der Waals surface area contributed by atoms with Gasteiger partial charge in [0, 0.05) is 18.9 Å². The maximum absolute atomic E-state index is 11.8. The van der Waals surface area contributed by atoms with Gasteiger partial charge in [-0.05, 0) is 19.3 Å². The Labute approximate surface area is 96.4 Å². The van der Waals surface area contributed by atoms with Gasteiger partial charge < -0.3 is 9.84 Å². The van der Waals surface area contributed by atoms with Crippen molar-refractivity contribution in [2.24, 2.45) is 0 Å². The quantitative estimate of drug-likeness (QED) is 0.618. The third-order valence-electron chi connectivity index (χ3n) is 2.72. The van der Waals surface area contributed by atoms with E-state index in [1.54, 1.807) is 0 Å². The van der Waals surface area contributed by atoms with Crippen molar-refractivity contribution < 1.29 is 14.8 Å². The Balaban J connectivity index is 2.45. The summed E-state index contributed by atoms with van der Waals surface area (Å²) in [5.74, 6) is -0.618. The van der Waals surface area contributed by atoms with E-state index in [1.165, 1.54) is 6.20 Å². The minimum absolute atomic E-state index is 0.476. The average molecular weight is 240 g/mol. The lowest BCUT2D eigenvalue weighted by atomic mass is 10.2. The van der Waals surface area contributed by atoms with Crippen molar-refractivity contribution >= 4 is 5.69 Å². The Hall–Kier alpha value is -1.89. The molecule has 7 nitrogen and oxygen atoms in total. The van der Waals surface area contributed by atoms with Gasteiger partial charge in [-0.3, -0.25) is 19.5 Å². The molecule has 0 aliphatic carbocycles. The molecule has 0 spiro atoms. The normalized spacial score (nSPS) is 20.1. The first kappa shape index (κ1) is 11.6. The molecule has 92 valence electrons. The highest BCUT2D eigenvalue weighted by Crippen LogP contribution is 2.25. The van der Waals surface area contributed by atoms with Crippen LogP contribution in [0.15, 0.2) is 17.1 Å². The lowest BCUT2D eigenvalue weighted by Crippen LogP contribution is -2.29. The summed E-state index contributed by atoms with van der Waals surface area (Å²) in [6, 6.07) is 1.14. The highest BCUT2D eigenvalue weighted by Gasteiger charge is 2.25. The van der Waals surface area contributed by atoms with Gasteiger partial charge in [-0.15, -0.1) is 0 Å². The summed E-state index contributed by atoms with van der Waals surface area (Å²) in [5.41, 5.74) is -1.64. The van der Waals surface area contributed by atoms with Gasteiger partial charge in [-0.2, -0.15) is 0 Å². The van der Waals surface area contributed by atoms with Crippen molar-refractivity contribution in [1.29, 1.82) is 0 Å². The van der Waals surface area contributed by atoms with E-state index in [0.29, 0.717) is 13.0 Å². The number of aromatic hydroxyl groups is 1. The molecule has 17 heavy (non-hydrogen) atoms. The van der Waals surface area contributed by atoms with Crippen molar-refractivity contribution in [3.8, 4) is 5.75 Å². The van der Waals surface area contributed by atoms with E-state index in [-0.39, 0.29) is 0 Å². The topological polar surface area (TPSA) is 94.6 Å². The van der Waals surface area contributed by atoms with Gasteiger partial charge >= 0.3 is 11.2 Å². The van der Waals surface area contributed by atoms with E-state index in [0.717, 1.165) is 23.5 Å². The molecule has 2 heterocycles. The maximum Gasteiger partial charge on any atom is 0.375 e. The zero-order chi connectivity index (χ0) is 12.4. The summed E-state index contributed by atoms with van der Waals surface area (Å²) in [5, 5.41) is 20.0. The molecule has 0 saturated carbocycles. The van der Waals surface area contributed by atoms with Gasteiger partial charge in [-0.1, -0.05) is 0 Å². The molecule has 1 aliphatic rings. The van der Waals surface area contributed by atoms with Crippen LogP contribution < -0.4 is 5.56 Å². The van der Waals surface area contributed by atoms with Crippen LogP contribution in [0.25, 0.3) is 0 Å². The molecule has 1 fully saturated rings. The molecule has 1 aliphatic heterocycles. The highest BCUT2D eigenvalue weighted by molar-refractivity contribution is 5.42. The van der Waals surface area contributed by atoms with Gasteiger partial charge in [0.05, 0.1) is 4.92 Å². The van der Waals surface area contributed by atoms with Crippen LogP contribution in [0.2, 0.25) is 0 Å². The van der Waals surface area contributed by atoms with E-state index >= 15 is 0 Å². The van der Waals surface area contributed by atoms with Gasteiger partial charge in [0.25, 0.3) is 0 Å². The van der Waals surface area contributed by atoms with Crippen molar-refractivity contribution in [1.82, 2.24) is 4.57 Å². The molecule has 1 atom stereocenters. The van der Waals surface area contributed by atoms with Crippen molar-refractivity contribution in [2.75, 3.05) is 6.61 Å². The summed E-state index contributed by atoms with van der Waals surface area (Å²) in [4.78, 5) is 21.6. The first-order valence-electron chi connectivity index (χ1n) is 5.31. The average Bonchev–Trinajstić information content (AvgIpc) is 2.30. The molecule has 7 heteroatoms. The number of rotatable bonds is 2. The number of aromatic nitrogens is 1. The van der Waals surface area contributed by atoms with Gasteiger partial charge in [0.1, 0.15) is 6.23 Å². The lowest BCUT2D eigenvalue weighted by Gasteiger charge is -2.24. The molecule has 0 amide bonds. The fourth-order valence-corrected chi connectivity index (χ4v) is 1.87. The van der Waals surface area contributed by atoms with Gasteiger partial charge in [0.15, 0.2) is 0 Å². The predicted octanol–water partition coefficient (Wildman–Crippen LogP) is 1.16. The summed E-state index contributed by atoms with van der Waals surface area (Å²) in [6.45, 7) is 0.534. The minimum Gasteiger partial charge on any atom is -0.502 e. The largest absolute Gasteiger partial charge is 0.502 e. The zero-order valence-electron chi connectivity index (χ0n) is 9.04. The van der Waals surface area contributed by atoms with E-state index in [2.05, 4.69) is 0 Å². The number of pyridine rings is 1. The fraction of sp³-hybridized carbons (Fsp3) is 0.500. The molecule has 2 rings (SSSR count). The number of hydrogen-bond acceptors (Lipinski definition) is 5. The second-order valence-electron chi connectivity index (χ2n) is 3.84. The third-order valence-corrected chi connectivity index (χ3v) is 2.72. The van der Waals surface area contributed by atoms with E-state index in [9.17, 15) is 20.0 Å². The van der Waals surface area contributed by atoms with E-state index in [1.807, 2.05) is 0 Å². The Bertz CT molecular complexity index is 490. The Morgan fingerprint density at radius 2 is 2.29 bits per heavy atom. The second-order valence-corrected chi connectivity index (χ2v) is 3.84. The number of ether oxygens (including phenoxy) is 1. The van der Waals surface area contributed by atoms with Gasteiger partial charge in [-0.25, -0.2) is 0 Å². The number of nitro groups is 1. The second kappa shape index (κ2) is 4.54. The van der Waals surface area contributed by atoms with Crippen molar-refractivity contribution in [2.45, 2.75) is 25.5 Å². The number of hydrogen-bond donors (Lipinski definition) is 1. The molecule has 1 N–H and O–H groups in total. The Morgan fingerprint density at radius 3 is 2.88 bits per heavy atom. The van der Waals surface area contributed by atoms with Crippen molar-refractivity contribution in [3.05, 3.63) is 32.7 Å². The lowest BCUT2D eigenvalue weighted by molar-refractivity contribution is -0.387. The van der Waals surface area contributed by atoms with Crippen LogP contribution in [0.1, 0.15) is 25.5 Å². The van der Waals surface area contributed by atoms with Gasteiger partial charge in [0.2, 0.25) is 5.75 Å². The summed E-state index contributed by atoms with van der Waals surface area (Å²) in [7, 11) is 0. The summed E-state index contributed by atoms with van der Waals surface area (Å²) in [6.07, 6.45) is 3.32. The fourth-order valence-electron chi connectivity index (χ4n) is 1.87. The highest BCUT2D eigenvalue weighted by atomic mass is 16.6. The van der Waals surface area contributed by atoms with E-state index in [4.69, 9.17) is 4.74 Å². The molecule has 1 saturated heterocycles. The summed E-state index contributed by atoms with van der Waals surface area (Å²) < 4.78 is 6.54. The summed E-state index contributed by atoms with van der Waals surface area (Å²) >= 11 is 0. The molecule has 1 aromatic rings. The molecule has 0 unspecified atom stereocenters. The minimum atomic E-state index is -0.878. The van der Waals surface area contributed by atoms with E-state index < -0.39 is 28.1 Å². The predicted molar refractivity (Wildman–Crippen MR) is 57.9 cm³/mol.